The van der Waals surface area contributed by atoms with Crippen molar-refractivity contribution in [3.8, 4) is 6.07 Å². The first-order valence-corrected chi connectivity index (χ1v) is 6.58. The lowest BCUT2D eigenvalue weighted by Crippen LogP contribution is -2.22. The minimum atomic E-state index is -0.143. The zero-order chi connectivity index (χ0) is 15.1. The SMILES string of the molecule is COCc1cccc(C(=O)NCc2cccc(C#N)c2)c1. The van der Waals surface area contributed by atoms with Crippen LogP contribution in [0.5, 0.6) is 0 Å². The maximum Gasteiger partial charge on any atom is 0.251 e. The van der Waals surface area contributed by atoms with Gasteiger partial charge in [0.25, 0.3) is 5.91 Å². The molecule has 0 heterocycles. The van der Waals surface area contributed by atoms with Crippen LogP contribution in [0.25, 0.3) is 0 Å². The van der Waals surface area contributed by atoms with Crippen LogP contribution in [0.2, 0.25) is 0 Å². The Balaban J connectivity index is 2.01. The van der Waals surface area contributed by atoms with Crippen molar-refractivity contribution >= 4 is 5.91 Å². The highest BCUT2D eigenvalue weighted by atomic mass is 16.5. The number of methoxy groups -OCH3 is 1. The predicted octanol–water partition coefficient (Wildman–Crippen LogP) is 2.63. The molecule has 2 aromatic carbocycles. The summed E-state index contributed by atoms with van der Waals surface area (Å²) in [5.41, 5.74) is 3.04. The fraction of sp³-hybridized carbons (Fsp3) is 0.176. The van der Waals surface area contributed by atoms with E-state index in [0.717, 1.165) is 11.1 Å². The summed E-state index contributed by atoms with van der Waals surface area (Å²) in [5, 5.41) is 11.7. The lowest BCUT2D eigenvalue weighted by Gasteiger charge is -2.07. The van der Waals surface area contributed by atoms with Gasteiger partial charge in [-0.1, -0.05) is 24.3 Å². The lowest BCUT2D eigenvalue weighted by atomic mass is 10.1. The summed E-state index contributed by atoms with van der Waals surface area (Å²) < 4.78 is 5.06. The van der Waals surface area contributed by atoms with Crippen molar-refractivity contribution in [1.82, 2.24) is 5.32 Å². The monoisotopic (exact) mass is 280 g/mol. The maximum absolute atomic E-state index is 12.1. The number of amides is 1. The largest absolute Gasteiger partial charge is 0.380 e. The van der Waals surface area contributed by atoms with E-state index in [9.17, 15) is 4.79 Å². The van der Waals surface area contributed by atoms with Gasteiger partial charge in [0.1, 0.15) is 0 Å². The van der Waals surface area contributed by atoms with E-state index in [1.165, 1.54) is 0 Å². The van der Waals surface area contributed by atoms with Gasteiger partial charge < -0.3 is 10.1 Å². The van der Waals surface area contributed by atoms with Crippen molar-refractivity contribution in [2.75, 3.05) is 7.11 Å². The molecular weight excluding hydrogens is 264 g/mol. The van der Waals surface area contributed by atoms with Crippen molar-refractivity contribution in [3.63, 3.8) is 0 Å². The Morgan fingerprint density at radius 1 is 1.19 bits per heavy atom. The smallest absolute Gasteiger partial charge is 0.251 e. The molecule has 0 aliphatic rings. The molecule has 1 amide bonds. The fourth-order valence-electron chi connectivity index (χ4n) is 2.00. The highest BCUT2D eigenvalue weighted by Gasteiger charge is 2.06. The van der Waals surface area contributed by atoms with Crippen molar-refractivity contribution < 1.29 is 9.53 Å². The average molecular weight is 280 g/mol. The number of hydrogen-bond donors (Lipinski definition) is 1. The third kappa shape index (κ3) is 4.16. The molecule has 0 radical (unpaired) electrons. The van der Waals surface area contributed by atoms with Gasteiger partial charge in [-0.2, -0.15) is 5.26 Å². The highest BCUT2D eigenvalue weighted by Crippen LogP contribution is 2.08. The van der Waals surface area contributed by atoms with E-state index in [0.29, 0.717) is 24.3 Å². The molecule has 0 saturated carbocycles. The van der Waals surface area contributed by atoms with Crippen LogP contribution < -0.4 is 5.32 Å². The number of carbonyl (C=O) groups is 1. The van der Waals surface area contributed by atoms with Crippen molar-refractivity contribution in [2.24, 2.45) is 0 Å². The first-order valence-electron chi connectivity index (χ1n) is 6.58. The molecule has 0 bridgehead atoms. The number of nitriles is 1. The molecule has 4 nitrogen and oxygen atoms in total. The van der Waals surface area contributed by atoms with E-state index in [2.05, 4.69) is 11.4 Å². The maximum atomic E-state index is 12.1. The molecule has 0 saturated heterocycles. The summed E-state index contributed by atoms with van der Waals surface area (Å²) >= 11 is 0. The van der Waals surface area contributed by atoms with E-state index in [-0.39, 0.29) is 5.91 Å². The van der Waals surface area contributed by atoms with Crippen LogP contribution in [0, 0.1) is 11.3 Å². The van der Waals surface area contributed by atoms with Crippen molar-refractivity contribution in [2.45, 2.75) is 13.2 Å². The highest BCUT2D eigenvalue weighted by molar-refractivity contribution is 5.94. The molecule has 2 aromatic rings. The molecule has 0 unspecified atom stereocenters. The summed E-state index contributed by atoms with van der Waals surface area (Å²) in [6, 6.07) is 16.6. The second-order valence-electron chi connectivity index (χ2n) is 4.63. The van der Waals surface area contributed by atoms with Gasteiger partial charge in [0.15, 0.2) is 0 Å². The Kier molecular flexibility index (Phi) is 5.08. The molecule has 2 rings (SSSR count). The van der Waals surface area contributed by atoms with Crippen molar-refractivity contribution in [3.05, 3.63) is 70.8 Å². The zero-order valence-electron chi connectivity index (χ0n) is 11.8. The van der Waals surface area contributed by atoms with E-state index < -0.39 is 0 Å². The third-order valence-electron chi connectivity index (χ3n) is 3.01. The van der Waals surface area contributed by atoms with Gasteiger partial charge in [-0.25, -0.2) is 0 Å². The standard InChI is InChI=1S/C17H16N2O2/c1-21-12-15-6-3-7-16(9-15)17(20)19-11-14-5-2-4-13(8-14)10-18/h2-9H,11-12H2,1H3,(H,19,20). The van der Waals surface area contributed by atoms with Crippen LogP contribution in [-0.2, 0) is 17.9 Å². The van der Waals surface area contributed by atoms with Crippen LogP contribution >= 0.6 is 0 Å². The van der Waals surface area contributed by atoms with Gasteiger partial charge in [0, 0.05) is 19.2 Å². The molecule has 0 spiro atoms. The summed E-state index contributed by atoms with van der Waals surface area (Å²) in [5.74, 6) is -0.143. The van der Waals surface area contributed by atoms with Crippen LogP contribution in [0.1, 0.15) is 27.0 Å². The van der Waals surface area contributed by atoms with E-state index in [4.69, 9.17) is 10.00 Å². The minimum Gasteiger partial charge on any atom is -0.380 e. The molecular formula is C17H16N2O2. The number of benzene rings is 2. The van der Waals surface area contributed by atoms with Crippen molar-refractivity contribution in [1.29, 1.82) is 5.26 Å². The number of ether oxygens (including phenoxy) is 1. The van der Waals surface area contributed by atoms with Crippen LogP contribution in [0.4, 0.5) is 0 Å². The van der Waals surface area contributed by atoms with Crippen LogP contribution in [0.3, 0.4) is 0 Å². The Hall–Kier alpha value is -2.64. The quantitative estimate of drug-likeness (QED) is 0.915. The van der Waals surface area contributed by atoms with Gasteiger partial charge in [0.05, 0.1) is 18.2 Å². The molecule has 1 N–H and O–H groups in total. The molecule has 0 aromatic heterocycles. The van der Waals surface area contributed by atoms with Gasteiger partial charge >= 0.3 is 0 Å². The minimum absolute atomic E-state index is 0.143. The van der Waals surface area contributed by atoms with Gasteiger partial charge in [-0.05, 0) is 35.4 Å². The Labute approximate surface area is 124 Å². The van der Waals surface area contributed by atoms with E-state index in [1.54, 1.807) is 31.4 Å². The summed E-state index contributed by atoms with van der Waals surface area (Å²) in [4.78, 5) is 12.1. The molecule has 106 valence electrons. The Morgan fingerprint density at radius 3 is 2.71 bits per heavy atom. The summed E-state index contributed by atoms with van der Waals surface area (Å²) in [7, 11) is 1.62. The number of nitrogens with one attached hydrogen (secondary N) is 1. The van der Waals surface area contributed by atoms with Crippen LogP contribution in [0.15, 0.2) is 48.5 Å². The molecule has 0 fully saturated rings. The van der Waals surface area contributed by atoms with Gasteiger partial charge in [0.2, 0.25) is 0 Å². The topological polar surface area (TPSA) is 62.1 Å². The first kappa shape index (κ1) is 14.8. The lowest BCUT2D eigenvalue weighted by molar-refractivity contribution is 0.0950. The third-order valence-corrected chi connectivity index (χ3v) is 3.01. The second kappa shape index (κ2) is 7.22. The summed E-state index contributed by atoms with van der Waals surface area (Å²) in [6.45, 7) is 0.869. The first-order chi connectivity index (χ1) is 10.2. The molecule has 0 aliphatic heterocycles. The molecule has 0 atom stereocenters. The number of nitrogens with zero attached hydrogens (tertiary/aromatic N) is 1. The van der Waals surface area contributed by atoms with E-state index in [1.807, 2.05) is 24.3 Å². The number of hydrogen-bond acceptors (Lipinski definition) is 3. The van der Waals surface area contributed by atoms with Gasteiger partial charge in [-0.3, -0.25) is 4.79 Å². The number of rotatable bonds is 5. The Morgan fingerprint density at radius 2 is 1.95 bits per heavy atom. The summed E-state index contributed by atoms with van der Waals surface area (Å²) in [6.07, 6.45) is 0. The van der Waals surface area contributed by atoms with Crippen LogP contribution in [-0.4, -0.2) is 13.0 Å². The fourth-order valence-corrected chi connectivity index (χ4v) is 2.00. The number of carbonyl (C=O) groups excluding carboxylic acids is 1. The molecule has 4 heteroatoms. The second-order valence-corrected chi connectivity index (χ2v) is 4.63. The predicted molar refractivity (Wildman–Crippen MR) is 79.5 cm³/mol. The van der Waals surface area contributed by atoms with E-state index >= 15 is 0 Å². The average Bonchev–Trinajstić information content (AvgIpc) is 2.53. The molecule has 21 heavy (non-hydrogen) atoms. The van der Waals surface area contributed by atoms with Gasteiger partial charge in [-0.15, -0.1) is 0 Å². The normalized spacial score (nSPS) is 9.90. The Bertz CT molecular complexity index is 674. The zero-order valence-corrected chi connectivity index (χ0v) is 11.8. The molecule has 0 aliphatic carbocycles.